The number of carbonyl (C=O) groups is 2. The number of anilines is 2. The number of nitriles is 1. The van der Waals surface area contributed by atoms with Crippen LogP contribution in [0.2, 0.25) is 0 Å². The maximum atomic E-state index is 13.4. The summed E-state index contributed by atoms with van der Waals surface area (Å²) in [6.07, 6.45) is 0.510. The molecule has 1 aliphatic heterocycles. The minimum atomic E-state index is -0.536. The van der Waals surface area contributed by atoms with Gasteiger partial charge in [-0.3, -0.25) is 14.5 Å². The van der Waals surface area contributed by atoms with Crippen molar-refractivity contribution >= 4 is 35.0 Å². The highest BCUT2D eigenvalue weighted by Crippen LogP contribution is 2.42. The first kappa shape index (κ1) is 21.4. The van der Waals surface area contributed by atoms with Crippen molar-refractivity contribution in [2.24, 2.45) is 0 Å². The summed E-state index contributed by atoms with van der Waals surface area (Å²) in [4.78, 5) is 27.9. The molecule has 3 aromatic rings. The van der Waals surface area contributed by atoms with E-state index in [9.17, 15) is 14.9 Å². The van der Waals surface area contributed by atoms with Gasteiger partial charge in [0, 0.05) is 11.4 Å². The van der Waals surface area contributed by atoms with E-state index in [1.165, 1.54) is 16.7 Å². The molecular weight excluding hydrogens is 418 g/mol. The lowest BCUT2D eigenvalue weighted by Crippen LogP contribution is -2.30. The van der Waals surface area contributed by atoms with Crippen molar-refractivity contribution in [1.29, 1.82) is 5.26 Å². The number of hydrogen-bond acceptors (Lipinski definition) is 4. The molecule has 3 aromatic carbocycles. The summed E-state index contributed by atoms with van der Waals surface area (Å²) in [6.45, 7) is 2.02. The zero-order valence-corrected chi connectivity index (χ0v) is 18.3. The summed E-state index contributed by atoms with van der Waals surface area (Å²) in [5, 5.41) is 12.6. The third-order valence-electron chi connectivity index (χ3n) is 5.09. The highest BCUT2D eigenvalue weighted by molar-refractivity contribution is 8.05. The predicted octanol–water partition coefficient (Wildman–Crippen LogP) is 5.06. The first-order valence-corrected chi connectivity index (χ1v) is 11.1. The van der Waals surface area contributed by atoms with Crippen LogP contribution in [-0.2, 0) is 16.0 Å². The lowest BCUT2D eigenvalue weighted by atomic mass is 10.1. The van der Waals surface area contributed by atoms with E-state index in [0.717, 1.165) is 11.1 Å². The number of benzene rings is 3. The van der Waals surface area contributed by atoms with Crippen molar-refractivity contribution < 1.29 is 9.59 Å². The lowest BCUT2D eigenvalue weighted by Gasteiger charge is -2.18. The maximum Gasteiger partial charge on any atom is 0.269 e. The van der Waals surface area contributed by atoms with Gasteiger partial charge < -0.3 is 5.32 Å². The van der Waals surface area contributed by atoms with Crippen LogP contribution in [0, 0.1) is 18.3 Å². The molecule has 1 N–H and O–H groups in total. The van der Waals surface area contributed by atoms with Gasteiger partial charge in [0.1, 0.15) is 16.7 Å². The third kappa shape index (κ3) is 4.58. The van der Waals surface area contributed by atoms with Gasteiger partial charge in [0.2, 0.25) is 5.91 Å². The van der Waals surface area contributed by atoms with Gasteiger partial charge in [-0.15, -0.1) is 0 Å². The summed E-state index contributed by atoms with van der Waals surface area (Å²) >= 11 is 1.26. The van der Waals surface area contributed by atoms with Crippen LogP contribution in [0.15, 0.2) is 95.5 Å². The van der Waals surface area contributed by atoms with Crippen LogP contribution in [-0.4, -0.2) is 17.1 Å². The summed E-state index contributed by atoms with van der Waals surface area (Å²) in [6, 6.07) is 28.1. The molecule has 1 atom stereocenters. The monoisotopic (exact) mass is 439 g/mol. The molecule has 1 aliphatic rings. The van der Waals surface area contributed by atoms with Gasteiger partial charge in [0.05, 0.1) is 5.25 Å². The van der Waals surface area contributed by atoms with Gasteiger partial charge in [-0.2, -0.15) is 5.26 Å². The first-order chi connectivity index (χ1) is 15.6. The molecule has 1 saturated heterocycles. The number of thioether (sulfide) groups is 1. The molecule has 0 radical (unpaired) electrons. The standard InChI is InChI=1S/C26H21N3O2S/c1-18-12-14-19(15-13-18)16-23-25(31)29(21-10-6-3-7-11-21)26(32-23)22(17-27)24(30)28-20-8-4-2-5-9-20/h2-15,23H,16H2,1H3,(H,28,30)/b26-22-/t23-/m1/s1. The molecule has 0 bridgehead atoms. The Bertz CT molecular complexity index is 1200. The fourth-order valence-electron chi connectivity index (χ4n) is 3.45. The van der Waals surface area contributed by atoms with E-state index >= 15 is 0 Å². The first-order valence-electron chi connectivity index (χ1n) is 10.2. The quantitative estimate of drug-likeness (QED) is 0.445. The van der Waals surface area contributed by atoms with E-state index < -0.39 is 11.2 Å². The summed E-state index contributed by atoms with van der Waals surface area (Å²) in [7, 11) is 0. The summed E-state index contributed by atoms with van der Waals surface area (Å²) < 4.78 is 0. The third-order valence-corrected chi connectivity index (χ3v) is 6.36. The Morgan fingerprint density at radius 2 is 1.62 bits per heavy atom. The number of para-hydroxylation sites is 2. The van der Waals surface area contributed by atoms with E-state index in [-0.39, 0.29) is 11.5 Å². The van der Waals surface area contributed by atoms with Gasteiger partial charge in [0.25, 0.3) is 5.91 Å². The fourth-order valence-corrected chi connectivity index (χ4v) is 4.76. The van der Waals surface area contributed by atoms with Crippen LogP contribution >= 0.6 is 11.8 Å². The van der Waals surface area contributed by atoms with E-state index in [1.54, 1.807) is 36.4 Å². The molecule has 1 fully saturated rings. The Hall–Kier alpha value is -3.82. The number of nitrogens with one attached hydrogen (secondary N) is 1. The van der Waals surface area contributed by atoms with Crippen LogP contribution < -0.4 is 10.2 Å². The molecule has 1 heterocycles. The van der Waals surface area contributed by atoms with Gasteiger partial charge in [-0.1, -0.05) is 78.0 Å². The molecule has 0 aliphatic carbocycles. The van der Waals surface area contributed by atoms with E-state index in [2.05, 4.69) is 5.32 Å². The molecule has 32 heavy (non-hydrogen) atoms. The predicted molar refractivity (Wildman–Crippen MR) is 128 cm³/mol. The van der Waals surface area contributed by atoms with Gasteiger partial charge in [-0.25, -0.2) is 0 Å². The van der Waals surface area contributed by atoms with Crippen LogP contribution in [0.25, 0.3) is 0 Å². The minimum absolute atomic E-state index is 0.0811. The minimum Gasteiger partial charge on any atom is -0.321 e. The van der Waals surface area contributed by atoms with Gasteiger partial charge in [0.15, 0.2) is 0 Å². The van der Waals surface area contributed by atoms with Gasteiger partial charge in [-0.05, 0) is 43.2 Å². The topological polar surface area (TPSA) is 73.2 Å². The molecule has 0 aromatic heterocycles. The van der Waals surface area contributed by atoms with Crippen LogP contribution in [0.4, 0.5) is 11.4 Å². The number of amides is 2. The normalized spacial score (nSPS) is 17.1. The van der Waals surface area contributed by atoms with Crippen molar-refractivity contribution in [2.45, 2.75) is 18.6 Å². The van der Waals surface area contributed by atoms with Crippen LogP contribution in [0.3, 0.4) is 0 Å². The maximum absolute atomic E-state index is 13.4. The average molecular weight is 440 g/mol. The average Bonchev–Trinajstić information content (AvgIpc) is 3.12. The molecule has 5 nitrogen and oxygen atoms in total. The molecular formula is C26H21N3O2S. The molecule has 0 saturated carbocycles. The van der Waals surface area contributed by atoms with E-state index in [0.29, 0.717) is 22.8 Å². The summed E-state index contributed by atoms with van der Waals surface area (Å²) in [5.74, 6) is -0.678. The van der Waals surface area contributed by atoms with Crippen LogP contribution in [0.5, 0.6) is 0 Å². The van der Waals surface area contributed by atoms with Crippen LogP contribution in [0.1, 0.15) is 11.1 Å². The molecule has 0 unspecified atom stereocenters. The smallest absolute Gasteiger partial charge is 0.269 e. The zero-order chi connectivity index (χ0) is 22.5. The Balaban J connectivity index is 1.71. The highest BCUT2D eigenvalue weighted by atomic mass is 32.2. The second-order valence-electron chi connectivity index (χ2n) is 7.42. The number of carbonyl (C=O) groups excluding carboxylic acids is 2. The molecule has 2 amide bonds. The number of aryl methyl sites for hydroxylation is 1. The molecule has 158 valence electrons. The summed E-state index contributed by atoms with van der Waals surface area (Å²) in [5.41, 5.74) is 3.31. The highest BCUT2D eigenvalue weighted by Gasteiger charge is 2.40. The molecule has 0 spiro atoms. The fraction of sp³-hybridized carbons (Fsp3) is 0.115. The van der Waals surface area contributed by atoms with E-state index in [1.807, 2.05) is 61.5 Å². The second-order valence-corrected chi connectivity index (χ2v) is 8.61. The Kier molecular flexibility index (Phi) is 6.39. The molecule has 6 heteroatoms. The SMILES string of the molecule is Cc1ccc(C[C@H]2S/C(=C(/C#N)C(=O)Nc3ccccc3)N(c3ccccc3)C2=O)cc1. The van der Waals surface area contributed by atoms with E-state index in [4.69, 9.17) is 0 Å². The van der Waals surface area contributed by atoms with Gasteiger partial charge >= 0.3 is 0 Å². The van der Waals surface area contributed by atoms with Crippen molar-refractivity contribution in [1.82, 2.24) is 0 Å². The number of hydrogen-bond donors (Lipinski definition) is 1. The number of nitrogens with zero attached hydrogens (tertiary/aromatic N) is 2. The van der Waals surface area contributed by atoms with Crippen molar-refractivity contribution in [3.05, 3.63) is 107 Å². The number of rotatable bonds is 5. The Morgan fingerprint density at radius 1 is 1.00 bits per heavy atom. The van der Waals surface area contributed by atoms with Crippen molar-refractivity contribution in [3.8, 4) is 6.07 Å². The Morgan fingerprint density at radius 3 is 2.25 bits per heavy atom. The van der Waals surface area contributed by atoms with Crippen molar-refractivity contribution in [3.63, 3.8) is 0 Å². The second kappa shape index (κ2) is 9.54. The largest absolute Gasteiger partial charge is 0.321 e. The molecule has 4 rings (SSSR count). The van der Waals surface area contributed by atoms with Crippen molar-refractivity contribution in [2.75, 3.05) is 10.2 Å². The lowest BCUT2D eigenvalue weighted by molar-refractivity contribution is -0.117. The Labute approximate surface area is 191 Å². The zero-order valence-electron chi connectivity index (χ0n) is 17.5.